The Kier molecular flexibility index (Phi) is 7.52. The number of carbonyl (C=O) groups is 1. The minimum Gasteiger partial charge on any atom is -0.496 e. The molecule has 0 aromatic heterocycles. The maximum absolute atomic E-state index is 11.7. The van der Waals surface area contributed by atoms with E-state index in [1.54, 1.807) is 33.5 Å². The second kappa shape index (κ2) is 9.15. The molecule has 0 saturated heterocycles. The molecule has 0 saturated carbocycles. The summed E-state index contributed by atoms with van der Waals surface area (Å²) in [6.07, 6.45) is 1.73. The topological polar surface area (TPSA) is 82.8 Å². The fourth-order valence-corrected chi connectivity index (χ4v) is 2.10. The molecule has 0 aliphatic rings. The minimum atomic E-state index is 0.00347. The lowest BCUT2D eigenvalue weighted by atomic mass is 10.1. The molecule has 0 radical (unpaired) electrons. The molecule has 124 valence electrons. The van der Waals surface area contributed by atoms with Crippen LogP contribution in [0.25, 0.3) is 0 Å². The molecule has 1 unspecified atom stereocenters. The van der Waals surface area contributed by atoms with E-state index in [9.17, 15) is 4.79 Å². The highest BCUT2D eigenvalue weighted by atomic mass is 16.5. The van der Waals surface area contributed by atoms with Crippen LogP contribution < -0.4 is 25.3 Å². The summed E-state index contributed by atoms with van der Waals surface area (Å²) in [6, 6.07) is 3.64. The van der Waals surface area contributed by atoms with Crippen LogP contribution >= 0.6 is 0 Å². The normalized spacial score (nSPS) is 11.7. The van der Waals surface area contributed by atoms with E-state index in [2.05, 4.69) is 5.32 Å². The molecule has 0 aliphatic heterocycles. The lowest BCUT2D eigenvalue weighted by Crippen LogP contribution is -2.27. The van der Waals surface area contributed by atoms with Gasteiger partial charge < -0.3 is 25.3 Å². The smallest absolute Gasteiger partial charge is 0.220 e. The van der Waals surface area contributed by atoms with Crippen molar-refractivity contribution in [2.24, 2.45) is 5.73 Å². The Labute approximate surface area is 131 Å². The zero-order valence-corrected chi connectivity index (χ0v) is 13.8. The average Bonchev–Trinajstić information content (AvgIpc) is 2.52. The maximum atomic E-state index is 11.7. The molecule has 1 aromatic rings. The van der Waals surface area contributed by atoms with Gasteiger partial charge in [0.2, 0.25) is 5.91 Å². The van der Waals surface area contributed by atoms with Crippen molar-refractivity contribution >= 4 is 5.91 Å². The lowest BCUT2D eigenvalue weighted by molar-refractivity contribution is -0.121. The molecule has 1 amide bonds. The number of hydrogen-bond donors (Lipinski definition) is 2. The SMILES string of the molecule is COc1cc(OC)c(CCNC(=O)CCC(C)N)c(OC)c1. The summed E-state index contributed by atoms with van der Waals surface area (Å²) in [5.74, 6) is 2.03. The molecule has 3 N–H and O–H groups in total. The molecular weight excluding hydrogens is 284 g/mol. The summed E-state index contributed by atoms with van der Waals surface area (Å²) in [7, 11) is 4.78. The predicted octanol–water partition coefficient (Wildman–Crippen LogP) is 1.50. The fourth-order valence-electron chi connectivity index (χ4n) is 2.10. The summed E-state index contributed by atoms with van der Waals surface area (Å²) in [4.78, 5) is 11.7. The van der Waals surface area contributed by atoms with Crippen molar-refractivity contribution < 1.29 is 19.0 Å². The molecule has 0 aliphatic carbocycles. The van der Waals surface area contributed by atoms with Crippen LogP contribution in [0.15, 0.2) is 12.1 Å². The monoisotopic (exact) mass is 310 g/mol. The quantitative estimate of drug-likeness (QED) is 0.722. The molecule has 6 heteroatoms. The van der Waals surface area contributed by atoms with Crippen molar-refractivity contribution in [2.45, 2.75) is 32.2 Å². The Morgan fingerprint density at radius 2 is 1.77 bits per heavy atom. The van der Waals surface area contributed by atoms with Gasteiger partial charge in [-0.05, 0) is 19.8 Å². The maximum Gasteiger partial charge on any atom is 0.220 e. The Hall–Kier alpha value is -1.95. The number of methoxy groups -OCH3 is 3. The minimum absolute atomic E-state index is 0.00347. The third-order valence-corrected chi connectivity index (χ3v) is 3.34. The van der Waals surface area contributed by atoms with Crippen LogP contribution in [0.2, 0.25) is 0 Å². The van der Waals surface area contributed by atoms with Gasteiger partial charge >= 0.3 is 0 Å². The summed E-state index contributed by atoms with van der Waals surface area (Å²) in [5.41, 5.74) is 6.54. The summed E-state index contributed by atoms with van der Waals surface area (Å²) in [5, 5.41) is 2.88. The van der Waals surface area contributed by atoms with Crippen LogP contribution in [0.1, 0.15) is 25.3 Å². The van der Waals surface area contributed by atoms with Gasteiger partial charge in [-0.15, -0.1) is 0 Å². The molecular formula is C16H26N2O4. The Balaban J connectivity index is 2.66. The van der Waals surface area contributed by atoms with Gasteiger partial charge in [0.05, 0.1) is 21.3 Å². The summed E-state index contributed by atoms with van der Waals surface area (Å²) in [6.45, 7) is 2.40. The second-order valence-electron chi connectivity index (χ2n) is 5.13. The van der Waals surface area contributed by atoms with Gasteiger partial charge in [-0.25, -0.2) is 0 Å². The number of amides is 1. The fraction of sp³-hybridized carbons (Fsp3) is 0.562. The standard InChI is InChI=1S/C16H26N2O4/c1-11(17)5-6-16(19)18-8-7-13-14(21-3)9-12(20-2)10-15(13)22-4/h9-11H,5-8,17H2,1-4H3,(H,18,19). The number of ether oxygens (including phenoxy) is 3. The van der Waals surface area contributed by atoms with Gasteiger partial charge in [0.1, 0.15) is 17.2 Å². The summed E-state index contributed by atoms with van der Waals surface area (Å²) >= 11 is 0. The molecule has 0 bridgehead atoms. The van der Waals surface area contributed by atoms with Gasteiger partial charge in [-0.2, -0.15) is 0 Å². The van der Waals surface area contributed by atoms with Crippen molar-refractivity contribution in [1.82, 2.24) is 5.32 Å². The van der Waals surface area contributed by atoms with Gasteiger partial charge in [0.25, 0.3) is 0 Å². The first kappa shape index (κ1) is 18.1. The third-order valence-electron chi connectivity index (χ3n) is 3.34. The molecule has 6 nitrogen and oxygen atoms in total. The van der Waals surface area contributed by atoms with E-state index in [1.807, 2.05) is 6.92 Å². The van der Waals surface area contributed by atoms with Crippen molar-refractivity contribution in [3.8, 4) is 17.2 Å². The van der Waals surface area contributed by atoms with E-state index in [0.717, 1.165) is 5.56 Å². The highest BCUT2D eigenvalue weighted by molar-refractivity contribution is 5.75. The van der Waals surface area contributed by atoms with Crippen molar-refractivity contribution in [1.29, 1.82) is 0 Å². The van der Waals surface area contributed by atoms with E-state index < -0.39 is 0 Å². The number of nitrogens with two attached hydrogens (primary N) is 1. The molecule has 0 heterocycles. The molecule has 1 atom stereocenters. The van der Waals surface area contributed by atoms with Crippen LogP contribution in [-0.4, -0.2) is 39.8 Å². The van der Waals surface area contributed by atoms with E-state index in [1.165, 1.54) is 0 Å². The van der Waals surface area contributed by atoms with Crippen LogP contribution in [0, 0.1) is 0 Å². The van der Waals surface area contributed by atoms with E-state index >= 15 is 0 Å². The zero-order chi connectivity index (χ0) is 16.5. The van der Waals surface area contributed by atoms with Crippen LogP contribution in [-0.2, 0) is 11.2 Å². The highest BCUT2D eigenvalue weighted by Gasteiger charge is 2.13. The number of benzene rings is 1. The van der Waals surface area contributed by atoms with Crippen LogP contribution in [0.5, 0.6) is 17.2 Å². The lowest BCUT2D eigenvalue weighted by Gasteiger charge is -2.15. The Morgan fingerprint density at radius 1 is 1.18 bits per heavy atom. The molecule has 1 aromatic carbocycles. The predicted molar refractivity (Wildman–Crippen MR) is 85.7 cm³/mol. The van der Waals surface area contributed by atoms with Crippen LogP contribution in [0.4, 0.5) is 0 Å². The molecule has 1 rings (SSSR count). The third kappa shape index (κ3) is 5.44. The zero-order valence-electron chi connectivity index (χ0n) is 13.8. The van der Waals surface area contributed by atoms with Gasteiger partial charge in [0, 0.05) is 36.7 Å². The second-order valence-corrected chi connectivity index (χ2v) is 5.13. The van der Waals surface area contributed by atoms with Crippen molar-refractivity contribution in [3.05, 3.63) is 17.7 Å². The Bertz CT molecular complexity index is 464. The van der Waals surface area contributed by atoms with E-state index in [4.69, 9.17) is 19.9 Å². The Morgan fingerprint density at radius 3 is 2.23 bits per heavy atom. The number of nitrogens with one attached hydrogen (secondary N) is 1. The first-order valence-electron chi connectivity index (χ1n) is 7.33. The number of carbonyl (C=O) groups excluding carboxylic acids is 1. The van der Waals surface area contributed by atoms with Crippen LogP contribution in [0.3, 0.4) is 0 Å². The average molecular weight is 310 g/mol. The summed E-state index contributed by atoms with van der Waals surface area (Å²) < 4.78 is 16.0. The van der Waals surface area contributed by atoms with Crippen molar-refractivity contribution in [3.63, 3.8) is 0 Å². The first-order valence-corrected chi connectivity index (χ1v) is 7.33. The van der Waals surface area contributed by atoms with Gasteiger partial charge in [0.15, 0.2) is 0 Å². The van der Waals surface area contributed by atoms with Gasteiger partial charge in [-0.3, -0.25) is 4.79 Å². The number of rotatable bonds is 9. The van der Waals surface area contributed by atoms with Crippen molar-refractivity contribution in [2.75, 3.05) is 27.9 Å². The number of hydrogen-bond acceptors (Lipinski definition) is 5. The first-order chi connectivity index (χ1) is 10.5. The van der Waals surface area contributed by atoms with E-state index in [0.29, 0.717) is 43.1 Å². The van der Waals surface area contributed by atoms with E-state index in [-0.39, 0.29) is 11.9 Å². The highest BCUT2D eigenvalue weighted by Crippen LogP contribution is 2.34. The molecule has 22 heavy (non-hydrogen) atoms. The molecule has 0 spiro atoms. The molecule has 0 fully saturated rings. The van der Waals surface area contributed by atoms with Gasteiger partial charge in [-0.1, -0.05) is 0 Å². The largest absolute Gasteiger partial charge is 0.496 e.